The molecule has 2 N–H and O–H groups in total. The maximum atomic E-state index is 11.6. The quantitative estimate of drug-likeness (QED) is 0.630. The summed E-state index contributed by atoms with van der Waals surface area (Å²) in [6.45, 7) is 1.93. The monoisotopic (exact) mass is 252 g/mol. The fourth-order valence-corrected chi connectivity index (χ4v) is 2.23. The summed E-state index contributed by atoms with van der Waals surface area (Å²) in [5.74, 6) is 0. The molecular formula is C13H17ClN2O. The number of hydrogen-bond acceptors (Lipinski definition) is 1. The van der Waals surface area contributed by atoms with Crippen LogP contribution in [0.25, 0.3) is 0 Å². The molecule has 0 spiro atoms. The largest absolute Gasteiger partial charge is 0.335 e. The molecule has 1 unspecified atom stereocenters. The Labute approximate surface area is 107 Å². The molecular weight excluding hydrogens is 236 g/mol. The number of carbonyl (C=O) groups is 1. The molecule has 1 aromatic rings. The van der Waals surface area contributed by atoms with Gasteiger partial charge in [0, 0.05) is 6.04 Å². The summed E-state index contributed by atoms with van der Waals surface area (Å²) in [7, 11) is 0. The van der Waals surface area contributed by atoms with E-state index in [9.17, 15) is 4.79 Å². The van der Waals surface area contributed by atoms with Crippen LogP contribution in [0.15, 0.2) is 24.3 Å². The van der Waals surface area contributed by atoms with Crippen LogP contribution >= 0.6 is 11.6 Å². The number of nitrogens with one attached hydrogen (secondary N) is 2. The lowest BCUT2D eigenvalue weighted by Gasteiger charge is -2.15. The number of halogens is 1. The third-order valence-corrected chi connectivity index (χ3v) is 3.45. The Morgan fingerprint density at radius 2 is 2.00 bits per heavy atom. The van der Waals surface area contributed by atoms with Gasteiger partial charge >= 0.3 is 6.03 Å². The molecule has 1 aliphatic carbocycles. The minimum Gasteiger partial charge on any atom is -0.335 e. The number of rotatable bonds is 3. The number of amides is 2. The highest BCUT2D eigenvalue weighted by Gasteiger charge is 2.22. The molecule has 2 amide bonds. The third-order valence-electron chi connectivity index (χ3n) is 3.03. The van der Waals surface area contributed by atoms with E-state index in [4.69, 9.17) is 11.6 Å². The van der Waals surface area contributed by atoms with Crippen LogP contribution in [0.1, 0.15) is 24.5 Å². The Morgan fingerprint density at radius 1 is 1.41 bits per heavy atom. The van der Waals surface area contributed by atoms with Crippen molar-refractivity contribution < 1.29 is 4.79 Å². The molecule has 1 aliphatic rings. The second-order valence-corrected chi connectivity index (χ2v) is 4.89. The van der Waals surface area contributed by atoms with Crippen molar-refractivity contribution in [2.75, 3.05) is 0 Å². The van der Waals surface area contributed by atoms with E-state index in [1.54, 1.807) is 0 Å². The predicted molar refractivity (Wildman–Crippen MR) is 69.2 cm³/mol. The van der Waals surface area contributed by atoms with Gasteiger partial charge in [-0.05, 0) is 30.4 Å². The lowest BCUT2D eigenvalue weighted by atomic mass is 10.1. The Hall–Kier alpha value is -1.22. The smallest absolute Gasteiger partial charge is 0.316 e. The van der Waals surface area contributed by atoms with Crippen molar-refractivity contribution in [2.24, 2.45) is 0 Å². The zero-order valence-corrected chi connectivity index (χ0v) is 10.6. The molecule has 0 bridgehead atoms. The molecule has 2 rings (SSSR count). The summed E-state index contributed by atoms with van der Waals surface area (Å²) >= 11 is 5.86. The van der Waals surface area contributed by atoms with Crippen LogP contribution in [0, 0.1) is 0 Å². The molecule has 4 heteroatoms. The van der Waals surface area contributed by atoms with Gasteiger partial charge in [0.05, 0.1) is 0 Å². The maximum Gasteiger partial charge on any atom is 0.316 e. The normalized spacial score (nSPS) is 16.4. The molecule has 0 fully saturated rings. The first-order valence-electron chi connectivity index (χ1n) is 5.97. The topological polar surface area (TPSA) is 41.1 Å². The number of carbonyl (C=O) groups excluding carboxylic acids is 1. The molecule has 1 atom stereocenters. The molecule has 0 saturated heterocycles. The molecule has 17 heavy (non-hydrogen) atoms. The minimum absolute atomic E-state index is 0.176. The van der Waals surface area contributed by atoms with Gasteiger partial charge in [0.25, 0.3) is 0 Å². The Bertz CT molecular complexity index is 383. The zero-order chi connectivity index (χ0) is 12.3. The first-order chi connectivity index (χ1) is 8.19. The fraction of sp³-hybridized carbons (Fsp3) is 0.462. The average molecular weight is 253 g/mol. The highest BCUT2D eigenvalue weighted by atomic mass is 35.5. The Morgan fingerprint density at radius 3 is 2.53 bits per heavy atom. The van der Waals surface area contributed by atoms with Crippen LogP contribution in [-0.4, -0.2) is 17.6 Å². The summed E-state index contributed by atoms with van der Waals surface area (Å²) in [5.41, 5.74) is 2.37. The summed E-state index contributed by atoms with van der Waals surface area (Å²) in [5, 5.41) is 5.66. The van der Waals surface area contributed by atoms with E-state index >= 15 is 0 Å². The van der Waals surface area contributed by atoms with E-state index < -0.39 is 0 Å². The van der Waals surface area contributed by atoms with Gasteiger partial charge in [-0.1, -0.05) is 42.8 Å². The number of alkyl halides is 1. The van der Waals surface area contributed by atoms with Crippen molar-refractivity contribution in [1.82, 2.24) is 10.6 Å². The SMILES string of the molecule is CCC(Cl)NC(=O)NC1Cc2ccccc2C1. The van der Waals surface area contributed by atoms with Gasteiger partial charge in [-0.25, -0.2) is 4.79 Å². The average Bonchev–Trinajstić information content (AvgIpc) is 2.70. The predicted octanol–water partition coefficient (Wildman–Crippen LogP) is 2.43. The van der Waals surface area contributed by atoms with Gasteiger partial charge in [-0.15, -0.1) is 0 Å². The van der Waals surface area contributed by atoms with Gasteiger partial charge in [-0.2, -0.15) is 0 Å². The van der Waals surface area contributed by atoms with E-state index in [0.29, 0.717) is 0 Å². The molecule has 92 valence electrons. The number of hydrogen-bond donors (Lipinski definition) is 2. The van der Waals surface area contributed by atoms with Crippen LogP contribution in [0.4, 0.5) is 4.79 Å². The number of urea groups is 1. The third kappa shape index (κ3) is 3.13. The van der Waals surface area contributed by atoms with E-state index in [2.05, 4.69) is 22.8 Å². The lowest BCUT2D eigenvalue weighted by Crippen LogP contribution is -2.44. The fourth-order valence-electron chi connectivity index (χ4n) is 2.13. The summed E-state index contributed by atoms with van der Waals surface area (Å²) in [6.07, 6.45) is 2.53. The molecule has 1 aromatic carbocycles. The van der Waals surface area contributed by atoms with Crippen molar-refractivity contribution in [3.05, 3.63) is 35.4 Å². The van der Waals surface area contributed by atoms with E-state index in [-0.39, 0.29) is 17.6 Å². The summed E-state index contributed by atoms with van der Waals surface area (Å²) < 4.78 is 0. The second kappa shape index (κ2) is 5.41. The van der Waals surface area contributed by atoms with Gasteiger partial charge in [-0.3, -0.25) is 0 Å². The molecule has 0 heterocycles. The van der Waals surface area contributed by atoms with Crippen molar-refractivity contribution in [3.63, 3.8) is 0 Å². The van der Waals surface area contributed by atoms with E-state index in [1.165, 1.54) is 11.1 Å². The highest BCUT2D eigenvalue weighted by Crippen LogP contribution is 2.21. The van der Waals surface area contributed by atoms with E-state index in [0.717, 1.165) is 19.3 Å². The Kier molecular flexibility index (Phi) is 3.89. The van der Waals surface area contributed by atoms with E-state index in [1.807, 2.05) is 19.1 Å². The second-order valence-electron chi connectivity index (χ2n) is 4.37. The molecule has 3 nitrogen and oxygen atoms in total. The van der Waals surface area contributed by atoms with Crippen LogP contribution in [-0.2, 0) is 12.8 Å². The first-order valence-corrected chi connectivity index (χ1v) is 6.40. The van der Waals surface area contributed by atoms with Crippen LogP contribution in [0.5, 0.6) is 0 Å². The van der Waals surface area contributed by atoms with Crippen molar-refractivity contribution >= 4 is 17.6 Å². The Balaban J connectivity index is 1.85. The van der Waals surface area contributed by atoms with Gasteiger partial charge in [0.15, 0.2) is 0 Å². The number of benzene rings is 1. The van der Waals surface area contributed by atoms with Gasteiger partial charge < -0.3 is 10.6 Å². The summed E-state index contributed by atoms with van der Waals surface area (Å²) in [4.78, 5) is 11.6. The van der Waals surface area contributed by atoms with Gasteiger partial charge in [0.1, 0.15) is 5.50 Å². The minimum atomic E-state index is -0.293. The van der Waals surface area contributed by atoms with Crippen molar-refractivity contribution in [1.29, 1.82) is 0 Å². The van der Waals surface area contributed by atoms with Crippen LogP contribution in [0.3, 0.4) is 0 Å². The lowest BCUT2D eigenvalue weighted by molar-refractivity contribution is 0.236. The van der Waals surface area contributed by atoms with Crippen LogP contribution < -0.4 is 10.6 Å². The molecule has 0 saturated carbocycles. The van der Waals surface area contributed by atoms with Crippen molar-refractivity contribution in [3.8, 4) is 0 Å². The van der Waals surface area contributed by atoms with Gasteiger partial charge in [0.2, 0.25) is 0 Å². The summed E-state index contributed by atoms with van der Waals surface area (Å²) in [6, 6.07) is 8.31. The number of fused-ring (bicyclic) bond motifs is 1. The standard InChI is InChI=1S/C13H17ClN2O/c1-2-12(14)16-13(17)15-11-7-9-5-3-4-6-10(9)8-11/h3-6,11-12H,2,7-8H2,1H3,(H2,15,16,17). The first kappa shape index (κ1) is 12.2. The molecule has 0 aromatic heterocycles. The molecule has 0 radical (unpaired) electrons. The zero-order valence-electron chi connectivity index (χ0n) is 9.87. The van der Waals surface area contributed by atoms with Crippen molar-refractivity contribution in [2.45, 2.75) is 37.7 Å². The highest BCUT2D eigenvalue weighted by molar-refractivity contribution is 6.21. The van der Waals surface area contributed by atoms with Crippen LogP contribution in [0.2, 0.25) is 0 Å². The maximum absolute atomic E-state index is 11.6. The molecule has 0 aliphatic heterocycles.